The molecule has 1 aromatic carbocycles. The molecule has 6 nitrogen and oxygen atoms in total. The summed E-state index contributed by atoms with van der Waals surface area (Å²) in [5.74, 6) is 1.97. The van der Waals surface area contributed by atoms with Gasteiger partial charge in [-0.25, -0.2) is 9.97 Å². The van der Waals surface area contributed by atoms with Crippen molar-refractivity contribution in [2.24, 2.45) is 0 Å². The number of carbonyl (C=O) groups excluding carboxylic acids is 1. The van der Waals surface area contributed by atoms with E-state index in [1.165, 1.54) is 17.7 Å². The van der Waals surface area contributed by atoms with E-state index in [0.717, 1.165) is 79.2 Å². The maximum Gasteiger partial charge on any atom is 0.254 e. The second-order valence-corrected chi connectivity index (χ2v) is 9.23. The third-order valence-electron chi connectivity index (χ3n) is 5.98. The molecule has 0 saturated carbocycles. The molecule has 3 heterocycles. The van der Waals surface area contributed by atoms with E-state index < -0.39 is 0 Å². The van der Waals surface area contributed by atoms with Gasteiger partial charge < -0.3 is 14.7 Å². The average Bonchev–Trinajstić information content (AvgIpc) is 3.33. The number of amides is 1. The zero-order chi connectivity index (χ0) is 20.9. The fourth-order valence-corrected chi connectivity index (χ4v) is 4.84. The minimum absolute atomic E-state index is 0.148. The van der Waals surface area contributed by atoms with E-state index in [9.17, 15) is 4.79 Å². The van der Waals surface area contributed by atoms with Gasteiger partial charge in [0.2, 0.25) is 0 Å². The average molecular weight is 427 g/mol. The molecular weight excluding hydrogens is 394 g/mol. The largest absolute Gasteiger partial charge is 0.356 e. The number of thioether (sulfide) groups is 1. The van der Waals surface area contributed by atoms with E-state index in [1.807, 2.05) is 23.1 Å². The minimum atomic E-state index is 0.148. The Bertz CT molecular complexity index is 876. The normalized spacial score (nSPS) is 17.5. The summed E-state index contributed by atoms with van der Waals surface area (Å²) in [6, 6.07) is 10.2. The monoisotopic (exact) mass is 426 g/mol. The fraction of sp³-hybridized carbons (Fsp3) is 0.522. The summed E-state index contributed by atoms with van der Waals surface area (Å²) in [6.45, 7) is 8.02. The Morgan fingerprint density at radius 2 is 1.87 bits per heavy atom. The van der Waals surface area contributed by atoms with Crippen LogP contribution < -0.4 is 9.80 Å². The van der Waals surface area contributed by atoms with Crippen LogP contribution in [0.25, 0.3) is 0 Å². The molecule has 1 amide bonds. The number of hydrogen-bond acceptors (Lipinski definition) is 5. The van der Waals surface area contributed by atoms with E-state index in [2.05, 4.69) is 31.0 Å². The SMILES string of the molecule is CCc1cc(N2CCCC2)nc(SCc2cccc(C(=O)N3CC[NH+](C)CC3)c2)n1. The Morgan fingerprint density at radius 1 is 1.10 bits per heavy atom. The lowest BCUT2D eigenvalue weighted by Gasteiger charge is -2.30. The zero-order valence-corrected chi connectivity index (χ0v) is 18.9. The van der Waals surface area contributed by atoms with Gasteiger partial charge in [0.25, 0.3) is 5.91 Å². The van der Waals surface area contributed by atoms with Crippen molar-refractivity contribution in [2.75, 3.05) is 51.2 Å². The quantitative estimate of drug-likeness (QED) is 0.565. The van der Waals surface area contributed by atoms with Gasteiger partial charge in [0, 0.05) is 36.2 Å². The van der Waals surface area contributed by atoms with Gasteiger partial charge in [0.1, 0.15) is 5.82 Å². The molecule has 0 bridgehead atoms. The Balaban J connectivity index is 1.43. The van der Waals surface area contributed by atoms with Gasteiger partial charge in [-0.3, -0.25) is 4.79 Å². The van der Waals surface area contributed by atoms with Crippen LogP contribution in [-0.4, -0.2) is 67.1 Å². The molecule has 30 heavy (non-hydrogen) atoms. The second kappa shape index (κ2) is 9.79. The number of carbonyl (C=O) groups is 1. The van der Waals surface area contributed by atoms with E-state index >= 15 is 0 Å². The molecule has 2 aliphatic heterocycles. The number of anilines is 1. The molecule has 1 N–H and O–H groups in total. The highest BCUT2D eigenvalue weighted by molar-refractivity contribution is 7.98. The van der Waals surface area contributed by atoms with Gasteiger partial charge in [-0.1, -0.05) is 30.8 Å². The van der Waals surface area contributed by atoms with E-state index in [0.29, 0.717) is 0 Å². The first-order valence-electron chi connectivity index (χ1n) is 11.1. The van der Waals surface area contributed by atoms with Crippen LogP contribution in [0.1, 0.15) is 41.4 Å². The summed E-state index contributed by atoms with van der Waals surface area (Å²) < 4.78 is 0. The highest BCUT2D eigenvalue weighted by Crippen LogP contribution is 2.25. The van der Waals surface area contributed by atoms with Crippen LogP contribution in [0, 0.1) is 0 Å². The van der Waals surface area contributed by atoms with Gasteiger partial charge in [-0.2, -0.15) is 0 Å². The lowest BCUT2D eigenvalue weighted by Crippen LogP contribution is -3.12. The van der Waals surface area contributed by atoms with Crippen LogP contribution in [0.15, 0.2) is 35.5 Å². The minimum Gasteiger partial charge on any atom is -0.356 e. The van der Waals surface area contributed by atoms with Gasteiger partial charge in [0.15, 0.2) is 5.16 Å². The molecule has 0 radical (unpaired) electrons. The first kappa shape index (κ1) is 21.1. The number of aromatic nitrogens is 2. The van der Waals surface area contributed by atoms with Gasteiger partial charge in [-0.05, 0) is 37.0 Å². The maximum atomic E-state index is 12.9. The van der Waals surface area contributed by atoms with Crippen molar-refractivity contribution in [3.63, 3.8) is 0 Å². The van der Waals surface area contributed by atoms with Crippen molar-refractivity contribution >= 4 is 23.5 Å². The molecule has 0 spiro atoms. The molecule has 0 atom stereocenters. The molecule has 7 heteroatoms. The van der Waals surface area contributed by atoms with Crippen molar-refractivity contribution in [3.8, 4) is 0 Å². The fourth-order valence-electron chi connectivity index (χ4n) is 4.03. The Kier molecular flexibility index (Phi) is 6.89. The number of likely N-dealkylation sites (N-methyl/N-ethyl adjacent to an activating group) is 1. The van der Waals surface area contributed by atoms with Crippen molar-refractivity contribution in [3.05, 3.63) is 47.2 Å². The van der Waals surface area contributed by atoms with E-state index in [1.54, 1.807) is 11.8 Å². The number of aryl methyl sites for hydroxylation is 1. The summed E-state index contributed by atoms with van der Waals surface area (Å²) in [5.41, 5.74) is 3.02. The number of quaternary nitrogens is 1. The number of nitrogens with one attached hydrogen (secondary N) is 1. The van der Waals surface area contributed by atoms with Crippen LogP contribution in [0.4, 0.5) is 5.82 Å². The smallest absolute Gasteiger partial charge is 0.254 e. The van der Waals surface area contributed by atoms with E-state index in [4.69, 9.17) is 9.97 Å². The predicted molar refractivity (Wildman–Crippen MR) is 121 cm³/mol. The number of benzene rings is 1. The van der Waals surface area contributed by atoms with Crippen LogP contribution in [0.3, 0.4) is 0 Å². The number of hydrogen-bond donors (Lipinski definition) is 1. The second-order valence-electron chi connectivity index (χ2n) is 8.29. The molecule has 2 fully saturated rings. The molecule has 1 aromatic heterocycles. The lowest BCUT2D eigenvalue weighted by molar-refractivity contribution is -0.883. The van der Waals surface area contributed by atoms with Gasteiger partial charge in [-0.15, -0.1) is 0 Å². The number of piperazine rings is 1. The molecule has 2 saturated heterocycles. The van der Waals surface area contributed by atoms with Crippen LogP contribution in [0.5, 0.6) is 0 Å². The number of nitrogens with zero attached hydrogens (tertiary/aromatic N) is 4. The van der Waals surface area contributed by atoms with Crippen molar-refractivity contribution in [2.45, 2.75) is 37.1 Å². The highest BCUT2D eigenvalue weighted by Gasteiger charge is 2.22. The Labute approximate surface area is 183 Å². The van der Waals surface area contributed by atoms with Crippen LogP contribution in [-0.2, 0) is 12.2 Å². The van der Waals surface area contributed by atoms with Gasteiger partial charge in [0.05, 0.1) is 33.2 Å². The first-order valence-corrected chi connectivity index (χ1v) is 12.1. The van der Waals surface area contributed by atoms with Crippen LogP contribution in [0.2, 0.25) is 0 Å². The van der Waals surface area contributed by atoms with Crippen molar-refractivity contribution in [1.29, 1.82) is 0 Å². The Hall–Kier alpha value is -2.12. The van der Waals surface area contributed by atoms with Gasteiger partial charge >= 0.3 is 0 Å². The molecule has 0 unspecified atom stereocenters. The summed E-state index contributed by atoms with van der Waals surface area (Å²) in [5, 5.41) is 0.829. The topological polar surface area (TPSA) is 53.8 Å². The van der Waals surface area contributed by atoms with Crippen LogP contribution >= 0.6 is 11.8 Å². The molecule has 160 valence electrons. The summed E-state index contributed by atoms with van der Waals surface area (Å²) in [4.78, 5) is 28.3. The molecule has 4 rings (SSSR count). The summed E-state index contributed by atoms with van der Waals surface area (Å²) >= 11 is 1.66. The Morgan fingerprint density at radius 3 is 2.60 bits per heavy atom. The lowest BCUT2D eigenvalue weighted by atomic mass is 10.1. The molecular formula is C23H32N5OS+. The number of rotatable bonds is 6. The molecule has 2 aromatic rings. The first-order chi connectivity index (χ1) is 14.6. The molecule has 2 aliphatic rings. The van der Waals surface area contributed by atoms with E-state index in [-0.39, 0.29) is 5.91 Å². The predicted octanol–water partition coefficient (Wildman–Crippen LogP) is 1.90. The highest BCUT2D eigenvalue weighted by atomic mass is 32.2. The summed E-state index contributed by atoms with van der Waals surface area (Å²) in [6.07, 6.45) is 3.39. The van der Waals surface area contributed by atoms with Crippen molar-refractivity contribution in [1.82, 2.24) is 14.9 Å². The third kappa shape index (κ3) is 5.13. The zero-order valence-electron chi connectivity index (χ0n) is 18.1. The third-order valence-corrected chi connectivity index (χ3v) is 6.90. The standard InChI is InChI=1S/C23H31N5OS/c1-3-20-16-21(27-9-4-5-10-27)25-23(24-20)30-17-18-7-6-8-19(15-18)22(29)28-13-11-26(2)12-14-28/h6-8,15-16H,3-5,9-14,17H2,1-2H3/p+1. The maximum absolute atomic E-state index is 12.9. The summed E-state index contributed by atoms with van der Waals surface area (Å²) in [7, 11) is 2.18. The molecule has 0 aliphatic carbocycles. The van der Waals surface area contributed by atoms with Crippen molar-refractivity contribution < 1.29 is 9.69 Å².